The maximum Gasteiger partial charge on any atom is 0.213 e. The van der Waals surface area contributed by atoms with Gasteiger partial charge in [0.25, 0.3) is 0 Å². The summed E-state index contributed by atoms with van der Waals surface area (Å²) in [5.41, 5.74) is 1.14. The van der Waals surface area contributed by atoms with Crippen LogP contribution >= 0.6 is 15.9 Å². The number of halogens is 1. The maximum absolute atomic E-state index is 9.08. The summed E-state index contributed by atoms with van der Waals surface area (Å²) in [6.07, 6.45) is 6.17. The fourth-order valence-electron chi connectivity index (χ4n) is 2.18. The Bertz CT molecular complexity index is 376. The number of ether oxygens (including phenoxy) is 1. The summed E-state index contributed by atoms with van der Waals surface area (Å²) in [5.74, 6) is 1.17. The summed E-state index contributed by atoms with van der Waals surface area (Å²) < 4.78 is 6.88. The normalized spacial score (nSPS) is 24.6. The third-order valence-corrected chi connectivity index (χ3v) is 4.19. The van der Waals surface area contributed by atoms with Crippen LogP contribution in [0.4, 0.5) is 0 Å². The van der Waals surface area contributed by atoms with Crippen molar-refractivity contribution < 1.29 is 9.84 Å². The zero-order valence-corrected chi connectivity index (χ0v) is 11.6. The molecule has 0 saturated heterocycles. The van der Waals surface area contributed by atoms with Gasteiger partial charge in [0.1, 0.15) is 6.10 Å². The number of aliphatic hydroxyl groups is 1. The third kappa shape index (κ3) is 3.42. The van der Waals surface area contributed by atoms with E-state index in [-0.39, 0.29) is 6.10 Å². The number of nitrogens with zero attached hydrogens (tertiary/aromatic N) is 1. The van der Waals surface area contributed by atoms with E-state index >= 15 is 0 Å². The molecule has 0 amide bonds. The van der Waals surface area contributed by atoms with Gasteiger partial charge in [0.2, 0.25) is 5.88 Å². The second kappa shape index (κ2) is 5.83. The van der Waals surface area contributed by atoms with Crippen molar-refractivity contribution in [3.05, 3.63) is 22.3 Å². The summed E-state index contributed by atoms with van der Waals surface area (Å²) in [6, 6.07) is 1.96. The number of rotatable bonds is 3. The van der Waals surface area contributed by atoms with Crippen molar-refractivity contribution in [3.8, 4) is 5.88 Å². The first kappa shape index (κ1) is 12.8. The van der Waals surface area contributed by atoms with Crippen LogP contribution in [-0.2, 0) is 0 Å². The summed E-state index contributed by atoms with van der Waals surface area (Å²) in [6.45, 7) is 2.34. The van der Waals surface area contributed by atoms with Gasteiger partial charge in [-0.25, -0.2) is 4.98 Å². The predicted octanol–water partition coefficient (Wildman–Crippen LogP) is 3.08. The van der Waals surface area contributed by atoms with Crippen molar-refractivity contribution in [2.24, 2.45) is 5.92 Å². The van der Waals surface area contributed by atoms with Crippen LogP contribution in [0, 0.1) is 12.8 Å². The lowest BCUT2D eigenvalue weighted by Crippen LogP contribution is -2.25. The van der Waals surface area contributed by atoms with Crippen LogP contribution in [0.15, 0.2) is 16.7 Å². The highest BCUT2D eigenvalue weighted by Gasteiger charge is 2.22. The van der Waals surface area contributed by atoms with Gasteiger partial charge in [0.05, 0.1) is 0 Å². The van der Waals surface area contributed by atoms with E-state index in [0.717, 1.165) is 35.7 Å². The second-order valence-electron chi connectivity index (χ2n) is 4.71. The Labute approximate surface area is 110 Å². The largest absolute Gasteiger partial charge is 0.474 e. The van der Waals surface area contributed by atoms with Gasteiger partial charge in [0, 0.05) is 23.3 Å². The van der Waals surface area contributed by atoms with Gasteiger partial charge in [-0.15, -0.1) is 0 Å². The van der Waals surface area contributed by atoms with Gasteiger partial charge < -0.3 is 9.84 Å². The summed E-state index contributed by atoms with van der Waals surface area (Å²) >= 11 is 3.43. The van der Waals surface area contributed by atoms with E-state index in [4.69, 9.17) is 9.84 Å². The Morgan fingerprint density at radius 2 is 2.12 bits per heavy atom. The lowest BCUT2D eigenvalue weighted by molar-refractivity contribution is 0.100. The van der Waals surface area contributed by atoms with Crippen molar-refractivity contribution in [2.45, 2.75) is 38.7 Å². The van der Waals surface area contributed by atoms with E-state index in [1.807, 2.05) is 13.0 Å². The Morgan fingerprint density at radius 1 is 1.41 bits per heavy atom. The van der Waals surface area contributed by atoms with Crippen LogP contribution in [0.2, 0.25) is 0 Å². The zero-order chi connectivity index (χ0) is 12.3. The first-order chi connectivity index (χ1) is 8.19. The van der Waals surface area contributed by atoms with Crippen LogP contribution in [0.5, 0.6) is 5.88 Å². The van der Waals surface area contributed by atoms with Crippen LogP contribution in [-0.4, -0.2) is 22.8 Å². The molecule has 4 heteroatoms. The Kier molecular flexibility index (Phi) is 4.40. The van der Waals surface area contributed by atoms with Crippen molar-refractivity contribution in [1.29, 1.82) is 0 Å². The predicted molar refractivity (Wildman–Crippen MR) is 70.1 cm³/mol. The maximum atomic E-state index is 9.08. The molecule has 0 spiro atoms. The summed E-state index contributed by atoms with van der Waals surface area (Å²) in [4.78, 5) is 4.25. The minimum Gasteiger partial charge on any atom is -0.474 e. The molecule has 0 atom stereocenters. The van der Waals surface area contributed by atoms with Gasteiger partial charge in [-0.2, -0.15) is 0 Å². The fourth-order valence-corrected chi connectivity index (χ4v) is 2.40. The van der Waals surface area contributed by atoms with Crippen molar-refractivity contribution in [3.63, 3.8) is 0 Å². The highest BCUT2D eigenvalue weighted by molar-refractivity contribution is 9.10. The molecule has 17 heavy (non-hydrogen) atoms. The van der Waals surface area contributed by atoms with E-state index in [2.05, 4.69) is 20.9 Å². The van der Waals surface area contributed by atoms with E-state index in [0.29, 0.717) is 18.4 Å². The second-order valence-corrected chi connectivity index (χ2v) is 5.57. The van der Waals surface area contributed by atoms with Crippen molar-refractivity contribution in [2.75, 3.05) is 6.61 Å². The van der Waals surface area contributed by atoms with E-state index in [9.17, 15) is 0 Å². The molecule has 0 aliphatic heterocycles. The molecule has 2 rings (SSSR count). The van der Waals surface area contributed by atoms with Gasteiger partial charge in [-0.3, -0.25) is 0 Å². The molecule has 0 aromatic carbocycles. The fraction of sp³-hybridized carbons (Fsp3) is 0.615. The van der Waals surface area contributed by atoms with Crippen LogP contribution in [0.3, 0.4) is 0 Å². The highest BCUT2D eigenvalue weighted by atomic mass is 79.9. The lowest BCUT2D eigenvalue weighted by atomic mass is 9.88. The van der Waals surface area contributed by atoms with Crippen LogP contribution < -0.4 is 4.74 Å². The molecule has 1 aromatic heterocycles. The number of hydrogen-bond acceptors (Lipinski definition) is 3. The van der Waals surface area contributed by atoms with E-state index in [1.165, 1.54) is 0 Å². The van der Waals surface area contributed by atoms with Gasteiger partial charge >= 0.3 is 0 Å². The molecule has 0 radical (unpaired) electrons. The average Bonchev–Trinajstić information content (AvgIpc) is 2.35. The topological polar surface area (TPSA) is 42.4 Å². The highest BCUT2D eigenvalue weighted by Crippen LogP contribution is 2.27. The van der Waals surface area contributed by atoms with Gasteiger partial charge in [-0.05, 0) is 60.0 Å². The van der Waals surface area contributed by atoms with E-state index in [1.54, 1.807) is 6.20 Å². The Hall–Kier alpha value is -0.610. The summed E-state index contributed by atoms with van der Waals surface area (Å²) in [5, 5.41) is 9.08. The minimum atomic E-state index is 0.255. The molecule has 1 N–H and O–H groups in total. The molecule has 0 unspecified atom stereocenters. The van der Waals surface area contributed by atoms with Gasteiger partial charge in [0.15, 0.2) is 0 Å². The summed E-state index contributed by atoms with van der Waals surface area (Å²) in [7, 11) is 0. The molecule has 1 aliphatic rings. The Morgan fingerprint density at radius 3 is 2.71 bits per heavy atom. The molecule has 94 valence electrons. The minimum absolute atomic E-state index is 0.255. The van der Waals surface area contributed by atoms with Crippen LogP contribution in [0.25, 0.3) is 0 Å². The molecular weight excluding hydrogens is 282 g/mol. The molecule has 1 heterocycles. The molecular formula is C13H18BrNO2. The number of aromatic nitrogens is 1. The molecule has 1 aromatic rings. The molecule has 1 fully saturated rings. The zero-order valence-electron chi connectivity index (χ0n) is 10.0. The first-order valence-electron chi connectivity index (χ1n) is 6.08. The number of aryl methyl sites for hydroxylation is 1. The van der Waals surface area contributed by atoms with Gasteiger partial charge in [-0.1, -0.05) is 0 Å². The first-order valence-corrected chi connectivity index (χ1v) is 6.88. The SMILES string of the molecule is Cc1cc(OC2CCC(CO)CC2)ncc1Br. The third-order valence-electron chi connectivity index (χ3n) is 3.36. The molecule has 1 saturated carbocycles. The van der Waals surface area contributed by atoms with Crippen molar-refractivity contribution >= 4 is 15.9 Å². The standard InChI is InChI=1S/C13H18BrNO2/c1-9-6-13(15-7-12(9)14)17-11-4-2-10(8-16)3-5-11/h6-7,10-11,16H,2-5,8H2,1H3. The van der Waals surface area contributed by atoms with Crippen LogP contribution in [0.1, 0.15) is 31.2 Å². The smallest absolute Gasteiger partial charge is 0.213 e. The Balaban J connectivity index is 1.91. The number of hydrogen-bond donors (Lipinski definition) is 1. The molecule has 1 aliphatic carbocycles. The average molecular weight is 300 g/mol. The quantitative estimate of drug-likeness (QED) is 0.933. The number of pyridine rings is 1. The van der Waals surface area contributed by atoms with E-state index < -0.39 is 0 Å². The lowest BCUT2D eigenvalue weighted by Gasteiger charge is -2.27. The van der Waals surface area contributed by atoms with Crippen molar-refractivity contribution in [1.82, 2.24) is 4.98 Å². The monoisotopic (exact) mass is 299 g/mol. The molecule has 0 bridgehead atoms. The number of aliphatic hydroxyl groups excluding tert-OH is 1. The molecule has 3 nitrogen and oxygen atoms in total.